The molecule has 0 fully saturated rings. The van der Waals surface area contributed by atoms with E-state index >= 15 is 0 Å². The van der Waals surface area contributed by atoms with Gasteiger partial charge in [0.05, 0.1) is 10.6 Å². The van der Waals surface area contributed by atoms with E-state index in [1.165, 1.54) is 16.2 Å². The number of benzene rings is 2. The van der Waals surface area contributed by atoms with Gasteiger partial charge in [-0.3, -0.25) is 9.59 Å². The monoisotopic (exact) mass is 355 g/mol. The minimum atomic E-state index is -0.168. The van der Waals surface area contributed by atoms with E-state index in [1.54, 1.807) is 55.6 Å². The summed E-state index contributed by atoms with van der Waals surface area (Å²) in [6, 6.07) is 17.5. The number of halogens is 1. The largest absolute Gasteiger partial charge is 0.310 e. The SMILES string of the molecule is CN(C(=O)c1cccs1)c1ccc(Cl)cc1C(=O)c1ccccc1. The van der Waals surface area contributed by atoms with E-state index in [2.05, 4.69) is 0 Å². The first kappa shape index (κ1) is 16.4. The predicted molar refractivity (Wildman–Crippen MR) is 98.4 cm³/mol. The summed E-state index contributed by atoms with van der Waals surface area (Å²) in [5.74, 6) is -0.326. The van der Waals surface area contributed by atoms with Crippen LogP contribution >= 0.6 is 22.9 Å². The molecule has 3 aromatic rings. The zero-order chi connectivity index (χ0) is 17.1. The van der Waals surface area contributed by atoms with E-state index in [4.69, 9.17) is 11.6 Å². The van der Waals surface area contributed by atoms with Crippen molar-refractivity contribution in [2.24, 2.45) is 0 Å². The summed E-state index contributed by atoms with van der Waals surface area (Å²) in [6.07, 6.45) is 0. The Bertz CT molecular complexity index is 876. The lowest BCUT2D eigenvalue weighted by Gasteiger charge is -2.20. The Labute approximate surface area is 149 Å². The highest BCUT2D eigenvalue weighted by Crippen LogP contribution is 2.28. The number of rotatable bonds is 4. The first-order chi connectivity index (χ1) is 11.6. The molecule has 0 saturated heterocycles. The van der Waals surface area contributed by atoms with Crippen molar-refractivity contribution in [3.8, 4) is 0 Å². The third-order valence-corrected chi connectivity index (χ3v) is 4.73. The molecule has 3 rings (SSSR count). The summed E-state index contributed by atoms with van der Waals surface area (Å²) in [5.41, 5.74) is 1.49. The van der Waals surface area contributed by atoms with E-state index in [-0.39, 0.29) is 11.7 Å². The van der Waals surface area contributed by atoms with Crippen LogP contribution in [0.5, 0.6) is 0 Å². The lowest BCUT2D eigenvalue weighted by atomic mass is 10.0. The van der Waals surface area contributed by atoms with Gasteiger partial charge < -0.3 is 4.90 Å². The number of hydrogen-bond acceptors (Lipinski definition) is 3. The third kappa shape index (κ3) is 3.25. The first-order valence-electron chi connectivity index (χ1n) is 7.29. The highest BCUT2D eigenvalue weighted by atomic mass is 35.5. The maximum absolute atomic E-state index is 12.8. The van der Waals surface area contributed by atoms with E-state index in [0.29, 0.717) is 26.7 Å². The lowest BCUT2D eigenvalue weighted by Crippen LogP contribution is -2.27. The van der Waals surface area contributed by atoms with E-state index in [9.17, 15) is 9.59 Å². The quantitative estimate of drug-likeness (QED) is 0.623. The second-order valence-electron chi connectivity index (χ2n) is 5.20. The highest BCUT2D eigenvalue weighted by molar-refractivity contribution is 7.12. The summed E-state index contributed by atoms with van der Waals surface area (Å²) >= 11 is 7.44. The Morgan fingerprint density at radius 1 is 1.00 bits per heavy atom. The van der Waals surface area contributed by atoms with Gasteiger partial charge in [-0.25, -0.2) is 0 Å². The van der Waals surface area contributed by atoms with E-state index in [0.717, 1.165) is 0 Å². The maximum Gasteiger partial charge on any atom is 0.268 e. The summed E-state index contributed by atoms with van der Waals surface area (Å²) in [5, 5.41) is 2.30. The van der Waals surface area contributed by atoms with Crippen LogP contribution in [0.4, 0.5) is 5.69 Å². The molecule has 1 amide bonds. The number of ketones is 1. The van der Waals surface area contributed by atoms with Gasteiger partial charge in [0.1, 0.15) is 0 Å². The van der Waals surface area contributed by atoms with Gasteiger partial charge in [0.2, 0.25) is 0 Å². The molecule has 0 aliphatic heterocycles. The maximum atomic E-state index is 12.8. The van der Waals surface area contributed by atoms with E-state index in [1.807, 2.05) is 17.5 Å². The van der Waals surface area contributed by atoms with Crippen LogP contribution < -0.4 is 4.90 Å². The molecule has 0 aliphatic carbocycles. The normalized spacial score (nSPS) is 10.4. The zero-order valence-electron chi connectivity index (χ0n) is 12.9. The Morgan fingerprint density at radius 2 is 1.75 bits per heavy atom. The minimum absolute atomic E-state index is 0.158. The molecular weight excluding hydrogens is 342 g/mol. The number of hydrogen-bond donors (Lipinski definition) is 0. The summed E-state index contributed by atoms with van der Waals surface area (Å²) in [6.45, 7) is 0. The van der Waals surface area contributed by atoms with Crippen LogP contribution in [0.25, 0.3) is 0 Å². The average Bonchev–Trinajstić information content (AvgIpc) is 3.15. The fourth-order valence-corrected chi connectivity index (χ4v) is 3.27. The van der Waals surface area contributed by atoms with Gasteiger partial charge in [-0.2, -0.15) is 0 Å². The van der Waals surface area contributed by atoms with Crippen molar-refractivity contribution in [3.63, 3.8) is 0 Å². The molecule has 0 radical (unpaired) electrons. The Balaban J connectivity index is 2.03. The van der Waals surface area contributed by atoms with Crippen LogP contribution in [0.3, 0.4) is 0 Å². The van der Waals surface area contributed by atoms with Crippen LogP contribution in [-0.4, -0.2) is 18.7 Å². The van der Waals surface area contributed by atoms with Gasteiger partial charge in [-0.1, -0.05) is 48.0 Å². The van der Waals surface area contributed by atoms with Crippen LogP contribution in [0.2, 0.25) is 5.02 Å². The molecule has 3 nitrogen and oxygen atoms in total. The van der Waals surface area contributed by atoms with Crippen molar-refractivity contribution in [1.82, 2.24) is 0 Å². The minimum Gasteiger partial charge on any atom is -0.310 e. The van der Waals surface area contributed by atoms with Gasteiger partial charge in [0.25, 0.3) is 5.91 Å². The van der Waals surface area contributed by atoms with Crippen molar-refractivity contribution >= 4 is 40.3 Å². The fraction of sp³-hybridized carbons (Fsp3) is 0.0526. The fourth-order valence-electron chi connectivity index (χ4n) is 2.40. The Kier molecular flexibility index (Phi) is 4.79. The molecule has 5 heteroatoms. The Morgan fingerprint density at radius 3 is 2.42 bits per heavy atom. The number of carbonyl (C=O) groups excluding carboxylic acids is 2. The topological polar surface area (TPSA) is 37.4 Å². The van der Waals surface area contributed by atoms with Gasteiger partial charge in [0, 0.05) is 23.2 Å². The van der Waals surface area contributed by atoms with Gasteiger partial charge in [0.15, 0.2) is 5.78 Å². The van der Waals surface area contributed by atoms with Crippen molar-refractivity contribution in [3.05, 3.63) is 87.1 Å². The summed E-state index contributed by atoms with van der Waals surface area (Å²) in [7, 11) is 1.66. The molecule has 0 spiro atoms. The smallest absolute Gasteiger partial charge is 0.268 e. The highest BCUT2D eigenvalue weighted by Gasteiger charge is 2.21. The molecule has 0 saturated carbocycles. The lowest BCUT2D eigenvalue weighted by molar-refractivity contribution is 0.0996. The van der Waals surface area contributed by atoms with Crippen molar-refractivity contribution in [2.45, 2.75) is 0 Å². The Hall–Kier alpha value is -2.43. The third-order valence-electron chi connectivity index (χ3n) is 3.64. The number of anilines is 1. The van der Waals surface area contributed by atoms with Crippen LogP contribution in [0, 0.1) is 0 Å². The number of thiophene rings is 1. The van der Waals surface area contributed by atoms with Gasteiger partial charge in [-0.05, 0) is 29.6 Å². The number of amides is 1. The first-order valence-corrected chi connectivity index (χ1v) is 8.54. The molecule has 1 heterocycles. The molecule has 0 unspecified atom stereocenters. The molecular formula is C19H14ClNO2S. The van der Waals surface area contributed by atoms with Crippen LogP contribution in [-0.2, 0) is 0 Å². The van der Waals surface area contributed by atoms with Crippen LogP contribution in [0.1, 0.15) is 25.6 Å². The molecule has 0 aliphatic rings. The summed E-state index contributed by atoms with van der Waals surface area (Å²) in [4.78, 5) is 27.5. The zero-order valence-corrected chi connectivity index (χ0v) is 14.5. The number of carbonyl (C=O) groups is 2. The van der Waals surface area contributed by atoms with Crippen molar-refractivity contribution in [1.29, 1.82) is 0 Å². The van der Waals surface area contributed by atoms with Gasteiger partial charge in [-0.15, -0.1) is 11.3 Å². The molecule has 0 atom stereocenters. The van der Waals surface area contributed by atoms with Crippen LogP contribution in [0.15, 0.2) is 66.0 Å². The van der Waals surface area contributed by atoms with Crippen molar-refractivity contribution in [2.75, 3.05) is 11.9 Å². The van der Waals surface area contributed by atoms with E-state index < -0.39 is 0 Å². The molecule has 120 valence electrons. The van der Waals surface area contributed by atoms with Gasteiger partial charge >= 0.3 is 0 Å². The van der Waals surface area contributed by atoms with Crippen molar-refractivity contribution < 1.29 is 9.59 Å². The summed E-state index contributed by atoms with van der Waals surface area (Å²) < 4.78 is 0. The molecule has 0 N–H and O–H groups in total. The molecule has 24 heavy (non-hydrogen) atoms. The second-order valence-corrected chi connectivity index (χ2v) is 6.58. The molecule has 1 aromatic heterocycles. The second kappa shape index (κ2) is 6.99. The average molecular weight is 356 g/mol. The predicted octanol–water partition coefficient (Wildman–Crippen LogP) is 4.91. The molecule has 2 aromatic carbocycles. The molecule has 0 bridgehead atoms. The number of nitrogens with zero attached hydrogens (tertiary/aromatic N) is 1. The standard InChI is InChI=1S/C19H14ClNO2S/c1-21(19(23)17-8-5-11-24-17)16-10-9-14(20)12-15(16)18(22)13-6-3-2-4-7-13/h2-12H,1H3.